The number of halogens is 5. The molecular formula is C92H74Cl5NP4Ru2-. The Morgan fingerprint density at radius 3 is 0.519 bits per heavy atom. The summed E-state index contributed by atoms with van der Waals surface area (Å²) in [6, 6.07) is 144. The second-order valence-electron chi connectivity index (χ2n) is 23.8. The van der Waals surface area contributed by atoms with E-state index in [0.29, 0.717) is 0 Å². The minimum atomic E-state index is -1.75. The Kier molecular flexibility index (Phi) is 29.1. The van der Waals surface area contributed by atoms with Gasteiger partial charge in [0, 0.05) is 0 Å². The summed E-state index contributed by atoms with van der Waals surface area (Å²) in [6.07, 6.45) is 0. The molecule has 16 aromatic rings. The molecule has 519 valence electrons. The van der Waals surface area contributed by atoms with Gasteiger partial charge >= 0.3 is 76.6 Å². The molecule has 0 amide bonds. The normalized spacial score (nSPS) is 11.2. The molecule has 0 aliphatic carbocycles. The minimum absolute atomic E-state index is 0.346. The van der Waals surface area contributed by atoms with E-state index in [9.17, 15) is 0 Å². The van der Waals surface area contributed by atoms with Crippen molar-refractivity contribution in [2.24, 2.45) is 0 Å². The van der Waals surface area contributed by atoms with Crippen molar-refractivity contribution in [2.45, 2.75) is 13.8 Å². The maximum absolute atomic E-state index is 4.95. The van der Waals surface area contributed by atoms with Crippen LogP contribution in [0.5, 0.6) is 0 Å². The fraction of sp³-hybridized carbons (Fsp3) is 0.0435. The van der Waals surface area contributed by atoms with Crippen molar-refractivity contribution >= 4 is 187 Å². The molecule has 0 saturated carbocycles. The van der Waals surface area contributed by atoms with Gasteiger partial charge in [-0.1, -0.05) is 402 Å². The third-order valence-electron chi connectivity index (χ3n) is 17.7. The smallest absolute Gasteiger partial charge is 0.000884 e. The maximum Gasteiger partial charge on any atom is -0.000884 e. The topological polar surface area (TPSA) is 14.1 Å². The van der Waals surface area contributed by atoms with E-state index in [1.165, 1.54) is 129 Å². The first-order chi connectivity index (χ1) is 51.3. The first-order valence-corrected chi connectivity index (χ1v) is 50.7. The summed E-state index contributed by atoms with van der Waals surface area (Å²) in [5.41, 5.74) is 5.40. The molecule has 0 saturated heterocycles. The first-order valence-electron chi connectivity index (χ1n) is 34.1. The van der Waals surface area contributed by atoms with Crippen LogP contribution < -0.4 is 63.7 Å². The van der Waals surface area contributed by atoms with Crippen LogP contribution in [0.1, 0.15) is 13.8 Å². The molecule has 0 aliphatic heterocycles. The van der Waals surface area contributed by atoms with E-state index in [1.807, 2.05) is 13.8 Å². The summed E-state index contributed by atoms with van der Waals surface area (Å²) in [6.45, 7) is 6.03. The third kappa shape index (κ3) is 18.8. The van der Waals surface area contributed by atoms with Crippen molar-refractivity contribution in [3.8, 4) is 22.3 Å². The van der Waals surface area contributed by atoms with E-state index >= 15 is 0 Å². The van der Waals surface area contributed by atoms with Crippen molar-refractivity contribution in [3.63, 3.8) is 0 Å². The van der Waals surface area contributed by atoms with E-state index in [-0.39, 0.29) is 15.1 Å². The van der Waals surface area contributed by atoms with Crippen molar-refractivity contribution in [3.05, 3.63) is 394 Å². The Balaban J connectivity index is 0.000000170. The Labute approximate surface area is 651 Å². The predicted molar refractivity (Wildman–Crippen MR) is 462 cm³/mol. The zero-order valence-electron chi connectivity index (χ0n) is 57.2. The van der Waals surface area contributed by atoms with E-state index in [2.05, 4.69) is 394 Å². The summed E-state index contributed by atoms with van der Waals surface area (Å²) in [5.74, 6) is 0. The van der Waals surface area contributed by atoms with Crippen LogP contribution in [0.3, 0.4) is 0 Å². The molecule has 0 aliphatic rings. The molecule has 0 bridgehead atoms. The summed E-state index contributed by atoms with van der Waals surface area (Å²) >= 11 is -2.10. The second kappa shape index (κ2) is 39.5. The zero-order valence-corrected chi connectivity index (χ0v) is 68.0. The van der Waals surface area contributed by atoms with Crippen molar-refractivity contribution in [2.75, 3.05) is 13.1 Å². The molecule has 1 nitrogen and oxygen atoms in total. The monoisotopic (exact) mass is 1700 g/mol. The van der Waals surface area contributed by atoms with Gasteiger partial charge in [0.1, 0.15) is 0 Å². The molecule has 0 atom stereocenters. The van der Waals surface area contributed by atoms with Crippen LogP contribution in [0, 0.1) is 0 Å². The summed E-state index contributed by atoms with van der Waals surface area (Å²) in [5, 5.41) is 30.6. The standard InChI is InChI=1S/2C44H32P2.C4H10N.5ClH.2Ru/c2*1-5-19-35(20-6-1)45(36-21-7-2-8-22-36)41-31-29-33-17-13-15-27-39(33)43(41)44-40-28-16-14-18-34(40)30-32-42(44)46(37-23-9-3-10-24-37)38-25-11-4-12-26-38;1-3-5-4-2;;;;;;;/h2*1-32H;3-4H2,1-2H3;5*1H;;/q;;-1;;;;;;+2;+3/p-5. The number of hydrogen-bond acceptors (Lipinski definition) is 0. The molecule has 16 aromatic carbocycles. The largest absolute Gasteiger partial charge is 0.0622 e. The van der Waals surface area contributed by atoms with Crippen LogP contribution in [-0.4, -0.2) is 13.1 Å². The molecule has 0 N–H and O–H groups in total. The Morgan fingerprint density at radius 1 is 0.231 bits per heavy atom. The van der Waals surface area contributed by atoms with Gasteiger partial charge in [-0.2, -0.15) is 13.1 Å². The molecule has 12 heteroatoms. The summed E-state index contributed by atoms with van der Waals surface area (Å²) in [4.78, 5) is 0. The van der Waals surface area contributed by atoms with Crippen molar-refractivity contribution < 1.29 is 28.1 Å². The van der Waals surface area contributed by atoms with Crippen LogP contribution in [0.15, 0.2) is 388 Å². The van der Waals surface area contributed by atoms with Gasteiger partial charge in [0.15, 0.2) is 0 Å². The Bertz CT molecular complexity index is 4520. The van der Waals surface area contributed by atoms with Crippen molar-refractivity contribution in [1.29, 1.82) is 0 Å². The van der Waals surface area contributed by atoms with Gasteiger partial charge in [-0.05, 0) is 161 Å². The van der Waals surface area contributed by atoms with Crippen LogP contribution in [-0.2, 0) is 28.1 Å². The number of nitrogens with zero attached hydrogens (tertiary/aromatic N) is 1. The number of hydrogen-bond donors (Lipinski definition) is 0. The van der Waals surface area contributed by atoms with E-state index < -0.39 is 44.7 Å². The van der Waals surface area contributed by atoms with Crippen LogP contribution in [0.25, 0.3) is 70.7 Å². The average Bonchev–Trinajstić information content (AvgIpc) is 0.738. The van der Waals surface area contributed by atoms with E-state index in [4.69, 9.17) is 48.5 Å². The zero-order chi connectivity index (χ0) is 71.8. The first kappa shape index (κ1) is 76.6. The van der Waals surface area contributed by atoms with E-state index in [1.54, 1.807) is 0 Å². The number of fused-ring (bicyclic) bond motifs is 4. The Hall–Kier alpha value is -7.06. The van der Waals surface area contributed by atoms with Gasteiger partial charge in [0.05, 0.1) is 0 Å². The van der Waals surface area contributed by atoms with Crippen molar-refractivity contribution in [1.82, 2.24) is 0 Å². The average molecular weight is 1700 g/mol. The molecule has 0 aromatic heterocycles. The van der Waals surface area contributed by atoms with Gasteiger partial charge < -0.3 is 5.32 Å². The summed E-state index contributed by atoms with van der Waals surface area (Å²) < 4.78 is 0. The predicted octanol–water partition coefficient (Wildman–Crippen LogP) is 23.2. The molecular weight excluding hydrogens is 1620 g/mol. The van der Waals surface area contributed by atoms with Crippen LogP contribution in [0.4, 0.5) is 0 Å². The Morgan fingerprint density at radius 2 is 0.375 bits per heavy atom. The van der Waals surface area contributed by atoms with Crippen LogP contribution >= 0.6 is 80.1 Å². The number of benzene rings is 16. The fourth-order valence-corrected chi connectivity index (χ4v) is 23.3. The fourth-order valence-electron chi connectivity index (χ4n) is 13.4. The van der Waals surface area contributed by atoms with Gasteiger partial charge in [-0.3, -0.25) is 0 Å². The molecule has 0 radical (unpaired) electrons. The SMILES string of the molecule is CC[N-]CC.[Cl][Ru]([Cl])[Cl].[Cl][Ru][Cl].c1ccc(P(c2ccccc2)c2ccc3ccccc3c2-c2c(P(c3ccccc3)c3ccccc3)ccc3ccccc23)cc1.c1ccc(P(c2ccccc2)c2ccc3ccccc3c2-c2c(P(c3ccccc3)c3ccccc3)ccc3ccccc23)cc1. The van der Waals surface area contributed by atoms with Gasteiger partial charge in [0.25, 0.3) is 0 Å². The van der Waals surface area contributed by atoms with Gasteiger partial charge in [0.2, 0.25) is 0 Å². The van der Waals surface area contributed by atoms with Gasteiger partial charge in [-0.25, -0.2) is 0 Å². The maximum atomic E-state index is 4.95. The van der Waals surface area contributed by atoms with Gasteiger partial charge in [-0.15, -0.1) is 0 Å². The second-order valence-corrected chi connectivity index (χ2v) is 43.1. The van der Waals surface area contributed by atoms with Crippen LogP contribution in [0.2, 0.25) is 0 Å². The number of rotatable bonds is 16. The minimum Gasteiger partial charge on any atom is -0.0622 e. The summed E-state index contributed by atoms with van der Waals surface area (Å²) in [7, 11) is 21.1. The third-order valence-corrected chi connectivity index (χ3v) is 27.6. The quantitative estimate of drug-likeness (QED) is 0.0676. The van der Waals surface area contributed by atoms with E-state index in [0.717, 1.165) is 13.1 Å². The molecule has 16 rings (SSSR count). The molecule has 0 fully saturated rings. The molecule has 0 unspecified atom stereocenters. The molecule has 0 spiro atoms. The molecule has 0 heterocycles. The molecule has 104 heavy (non-hydrogen) atoms.